The zero-order valence-corrected chi connectivity index (χ0v) is 13.7. The topological polar surface area (TPSA) is 75.6 Å². The van der Waals surface area contributed by atoms with Crippen LogP contribution in [-0.4, -0.2) is 23.6 Å². The van der Waals surface area contributed by atoms with Gasteiger partial charge >= 0.3 is 5.97 Å². The van der Waals surface area contributed by atoms with Gasteiger partial charge in [-0.3, -0.25) is 4.79 Å². The second kappa shape index (κ2) is 7.55. The predicted molar refractivity (Wildman–Crippen MR) is 88.5 cm³/mol. The summed E-state index contributed by atoms with van der Waals surface area (Å²) in [4.78, 5) is 23.6. The molecule has 0 aromatic heterocycles. The van der Waals surface area contributed by atoms with Gasteiger partial charge in [-0.2, -0.15) is 0 Å². The number of esters is 1. The SMILES string of the molecule is O=C(COC(=O)c1ccc(Cl)cc1O)Nc1cccc(Cl)c1Cl. The number of carbonyl (C=O) groups is 2. The molecule has 5 nitrogen and oxygen atoms in total. The Morgan fingerprint density at radius 2 is 1.87 bits per heavy atom. The maximum Gasteiger partial charge on any atom is 0.342 e. The maximum atomic E-state index is 11.8. The second-order valence-electron chi connectivity index (χ2n) is 4.39. The number of nitrogens with one attached hydrogen (secondary N) is 1. The van der Waals surface area contributed by atoms with Crippen molar-refractivity contribution in [3.05, 3.63) is 57.0 Å². The van der Waals surface area contributed by atoms with Crippen LogP contribution in [0.25, 0.3) is 0 Å². The quantitative estimate of drug-likeness (QED) is 0.788. The number of halogens is 3. The molecule has 0 fully saturated rings. The summed E-state index contributed by atoms with van der Waals surface area (Å²) in [5.41, 5.74) is 0.206. The minimum Gasteiger partial charge on any atom is -0.507 e. The minimum atomic E-state index is -0.855. The first kappa shape index (κ1) is 17.4. The average molecular weight is 375 g/mol. The van der Waals surface area contributed by atoms with E-state index < -0.39 is 18.5 Å². The van der Waals surface area contributed by atoms with Crippen LogP contribution in [-0.2, 0) is 9.53 Å². The first-order valence-corrected chi connectivity index (χ1v) is 7.41. The van der Waals surface area contributed by atoms with Gasteiger partial charge in [0.15, 0.2) is 6.61 Å². The van der Waals surface area contributed by atoms with E-state index in [4.69, 9.17) is 39.5 Å². The highest BCUT2D eigenvalue weighted by atomic mass is 35.5. The van der Waals surface area contributed by atoms with E-state index in [1.54, 1.807) is 18.2 Å². The van der Waals surface area contributed by atoms with E-state index in [0.717, 1.165) is 0 Å². The molecule has 8 heteroatoms. The molecule has 2 aromatic rings. The molecule has 1 amide bonds. The summed E-state index contributed by atoms with van der Waals surface area (Å²) in [6, 6.07) is 8.66. The van der Waals surface area contributed by atoms with Gasteiger partial charge in [0, 0.05) is 5.02 Å². The van der Waals surface area contributed by atoms with Crippen LogP contribution < -0.4 is 5.32 Å². The van der Waals surface area contributed by atoms with Crippen LogP contribution in [0.4, 0.5) is 5.69 Å². The van der Waals surface area contributed by atoms with Crippen molar-refractivity contribution in [1.29, 1.82) is 0 Å². The van der Waals surface area contributed by atoms with E-state index in [-0.39, 0.29) is 26.4 Å². The van der Waals surface area contributed by atoms with Crippen molar-refractivity contribution >= 4 is 52.4 Å². The van der Waals surface area contributed by atoms with Crippen LogP contribution >= 0.6 is 34.8 Å². The van der Waals surface area contributed by atoms with Crippen LogP contribution in [0.2, 0.25) is 15.1 Å². The van der Waals surface area contributed by atoms with Crippen molar-refractivity contribution in [3.8, 4) is 5.75 Å². The van der Waals surface area contributed by atoms with Crippen molar-refractivity contribution in [2.24, 2.45) is 0 Å². The maximum absolute atomic E-state index is 11.8. The summed E-state index contributed by atoms with van der Waals surface area (Å²) in [6.45, 7) is -0.552. The zero-order valence-electron chi connectivity index (χ0n) is 11.5. The second-order valence-corrected chi connectivity index (χ2v) is 5.61. The fourth-order valence-corrected chi connectivity index (χ4v) is 2.19. The molecular weight excluding hydrogens is 365 g/mol. The Morgan fingerprint density at radius 3 is 2.57 bits per heavy atom. The smallest absolute Gasteiger partial charge is 0.342 e. The summed E-state index contributed by atoms with van der Waals surface area (Å²) in [5, 5.41) is 12.8. The number of hydrogen-bond acceptors (Lipinski definition) is 4. The molecule has 0 heterocycles. The number of rotatable bonds is 4. The zero-order chi connectivity index (χ0) is 17.0. The Bertz CT molecular complexity index is 764. The van der Waals surface area contributed by atoms with Gasteiger partial charge in [-0.15, -0.1) is 0 Å². The number of ether oxygens (including phenoxy) is 1. The number of hydrogen-bond donors (Lipinski definition) is 2. The molecule has 0 aliphatic carbocycles. The minimum absolute atomic E-state index is 0.0945. The first-order chi connectivity index (χ1) is 10.9. The Labute approximate surface area is 146 Å². The largest absolute Gasteiger partial charge is 0.507 e. The van der Waals surface area contributed by atoms with Crippen molar-refractivity contribution < 1.29 is 19.4 Å². The Morgan fingerprint density at radius 1 is 1.13 bits per heavy atom. The average Bonchev–Trinajstić information content (AvgIpc) is 2.49. The molecule has 0 spiro atoms. The lowest BCUT2D eigenvalue weighted by Gasteiger charge is -2.09. The number of amides is 1. The van der Waals surface area contributed by atoms with Crippen LogP contribution in [0.15, 0.2) is 36.4 Å². The van der Waals surface area contributed by atoms with Crippen LogP contribution in [0.3, 0.4) is 0 Å². The molecule has 0 radical (unpaired) electrons. The molecule has 23 heavy (non-hydrogen) atoms. The van der Waals surface area contributed by atoms with E-state index >= 15 is 0 Å². The van der Waals surface area contributed by atoms with E-state index in [1.165, 1.54) is 18.2 Å². The molecule has 0 bridgehead atoms. The molecule has 0 aliphatic heterocycles. The van der Waals surface area contributed by atoms with Crippen molar-refractivity contribution in [1.82, 2.24) is 0 Å². The van der Waals surface area contributed by atoms with Gasteiger partial charge < -0.3 is 15.2 Å². The van der Waals surface area contributed by atoms with Gasteiger partial charge in [-0.05, 0) is 30.3 Å². The summed E-state index contributed by atoms with van der Waals surface area (Å²) < 4.78 is 4.82. The fourth-order valence-electron chi connectivity index (χ4n) is 1.67. The van der Waals surface area contributed by atoms with Crippen molar-refractivity contribution in [2.75, 3.05) is 11.9 Å². The van der Waals surface area contributed by atoms with Gasteiger partial charge in [0.25, 0.3) is 5.91 Å². The monoisotopic (exact) mass is 373 g/mol. The third kappa shape index (κ3) is 4.51. The van der Waals surface area contributed by atoms with Crippen molar-refractivity contribution in [2.45, 2.75) is 0 Å². The van der Waals surface area contributed by atoms with E-state index in [0.29, 0.717) is 5.69 Å². The summed E-state index contributed by atoms with van der Waals surface area (Å²) in [5.74, 6) is -1.79. The standard InChI is InChI=1S/C15H10Cl3NO4/c16-8-4-5-9(12(20)6-8)15(22)23-7-13(21)19-11-3-1-2-10(17)14(11)18/h1-6,20H,7H2,(H,19,21). The molecule has 0 unspecified atom stereocenters. The Kier molecular flexibility index (Phi) is 5.71. The molecule has 0 saturated carbocycles. The van der Waals surface area contributed by atoms with E-state index in [2.05, 4.69) is 5.32 Å². The third-order valence-corrected chi connectivity index (χ3v) is 3.79. The fraction of sp³-hybridized carbons (Fsp3) is 0.0667. The summed E-state index contributed by atoms with van der Waals surface area (Å²) in [6.07, 6.45) is 0. The van der Waals surface area contributed by atoms with Gasteiger partial charge in [-0.25, -0.2) is 4.79 Å². The first-order valence-electron chi connectivity index (χ1n) is 6.28. The third-order valence-electron chi connectivity index (χ3n) is 2.74. The predicted octanol–water partition coefficient (Wildman–Crippen LogP) is 4.15. The summed E-state index contributed by atoms with van der Waals surface area (Å²) >= 11 is 17.4. The lowest BCUT2D eigenvalue weighted by atomic mass is 10.2. The summed E-state index contributed by atoms with van der Waals surface area (Å²) in [7, 11) is 0. The highest BCUT2D eigenvalue weighted by Gasteiger charge is 2.15. The molecule has 0 atom stereocenters. The lowest BCUT2D eigenvalue weighted by Crippen LogP contribution is -2.21. The molecule has 2 N–H and O–H groups in total. The number of carbonyl (C=O) groups excluding carboxylic acids is 2. The molecule has 120 valence electrons. The van der Waals surface area contributed by atoms with Gasteiger partial charge in [-0.1, -0.05) is 40.9 Å². The molecule has 0 aliphatic rings. The number of phenols is 1. The number of benzene rings is 2. The number of aromatic hydroxyl groups is 1. The normalized spacial score (nSPS) is 10.2. The Balaban J connectivity index is 1.96. The number of phenolic OH excluding ortho intramolecular Hbond substituents is 1. The van der Waals surface area contributed by atoms with Crippen LogP contribution in [0, 0.1) is 0 Å². The van der Waals surface area contributed by atoms with Gasteiger partial charge in [0.05, 0.1) is 15.7 Å². The molecular formula is C15H10Cl3NO4. The highest BCUT2D eigenvalue weighted by Crippen LogP contribution is 2.29. The lowest BCUT2D eigenvalue weighted by molar-refractivity contribution is -0.119. The Hall–Kier alpha value is -1.95. The molecule has 0 saturated heterocycles. The van der Waals surface area contributed by atoms with E-state index in [1.807, 2.05) is 0 Å². The number of anilines is 1. The molecule has 2 aromatic carbocycles. The van der Waals surface area contributed by atoms with Crippen molar-refractivity contribution in [3.63, 3.8) is 0 Å². The van der Waals surface area contributed by atoms with Gasteiger partial charge in [0.1, 0.15) is 11.3 Å². The van der Waals surface area contributed by atoms with Gasteiger partial charge in [0.2, 0.25) is 0 Å². The highest BCUT2D eigenvalue weighted by molar-refractivity contribution is 6.44. The van der Waals surface area contributed by atoms with Crippen LogP contribution in [0.1, 0.15) is 10.4 Å². The van der Waals surface area contributed by atoms with Crippen LogP contribution in [0.5, 0.6) is 5.75 Å². The van der Waals surface area contributed by atoms with E-state index in [9.17, 15) is 14.7 Å². The molecule has 2 rings (SSSR count).